The molecule has 1 aromatic carbocycles. The summed E-state index contributed by atoms with van der Waals surface area (Å²) in [7, 11) is 1.58. The van der Waals surface area contributed by atoms with Crippen LogP contribution in [0, 0.1) is 24.2 Å². The molecular weight excluding hydrogens is 777 g/mol. The van der Waals surface area contributed by atoms with Crippen LogP contribution in [0.5, 0.6) is 11.5 Å². The van der Waals surface area contributed by atoms with E-state index in [0.29, 0.717) is 51.3 Å². The summed E-state index contributed by atoms with van der Waals surface area (Å²) in [5.74, 6) is -1.48. The number of hydrogen-bond acceptors (Lipinski definition) is 11. The summed E-state index contributed by atoms with van der Waals surface area (Å²) in [5.41, 5.74) is 0.0184. The van der Waals surface area contributed by atoms with E-state index in [4.69, 9.17) is 24.2 Å². The van der Waals surface area contributed by atoms with Crippen LogP contribution in [0.2, 0.25) is 0 Å². The van der Waals surface area contributed by atoms with Crippen LogP contribution in [0.3, 0.4) is 0 Å². The monoisotopic (exact) mass is 830 g/mol. The molecule has 2 aromatic heterocycles. The Labute approximate surface area is 347 Å². The van der Waals surface area contributed by atoms with Gasteiger partial charge >= 0.3 is 12.1 Å². The third-order valence-electron chi connectivity index (χ3n) is 12.2. The summed E-state index contributed by atoms with van der Waals surface area (Å²) in [6.45, 7) is 11.0. The zero-order chi connectivity index (χ0) is 42.2. The average Bonchev–Trinajstić information content (AvgIpc) is 3.58. The van der Waals surface area contributed by atoms with Crippen LogP contribution in [0.1, 0.15) is 90.5 Å². The number of carbonyl (C=O) groups is 5. The fourth-order valence-electron chi connectivity index (χ4n) is 8.40. The number of pyridine rings is 1. The van der Waals surface area contributed by atoms with Gasteiger partial charge in [-0.1, -0.05) is 39.7 Å². The Hall–Kier alpha value is -5.25. The van der Waals surface area contributed by atoms with Gasteiger partial charge in [-0.2, -0.15) is 0 Å². The second kappa shape index (κ2) is 16.8. The van der Waals surface area contributed by atoms with Gasteiger partial charge in [0.25, 0.3) is 0 Å². The number of carboxylic acids is 1. The lowest BCUT2D eigenvalue weighted by Crippen LogP contribution is -2.59. The van der Waals surface area contributed by atoms with Crippen LogP contribution in [0.15, 0.2) is 36.2 Å². The molecule has 0 spiro atoms. The van der Waals surface area contributed by atoms with E-state index in [1.54, 1.807) is 13.2 Å². The lowest BCUT2D eigenvalue weighted by atomic mass is 9.85. The van der Waals surface area contributed by atoms with Crippen LogP contribution >= 0.6 is 11.3 Å². The number of methoxy groups -OCH3 is 1. The maximum Gasteiger partial charge on any atom is 0.408 e. The van der Waals surface area contributed by atoms with Gasteiger partial charge in [0, 0.05) is 41.2 Å². The summed E-state index contributed by atoms with van der Waals surface area (Å²) in [5, 5.41) is 21.5. The Morgan fingerprint density at radius 1 is 1.05 bits per heavy atom. The summed E-state index contributed by atoms with van der Waals surface area (Å²) >= 11 is 1.30. The number of nitrogens with zero attached hydrogens (tertiary/aromatic N) is 3. The number of carboxylic acid groups (broad SMARTS) is 1. The number of ether oxygens (including phenoxy) is 3. The summed E-state index contributed by atoms with van der Waals surface area (Å²) < 4.78 is 17.9. The summed E-state index contributed by atoms with van der Waals surface area (Å²) in [4.78, 5) is 78.1. The molecule has 4 aliphatic rings. The lowest BCUT2D eigenvalue weighted by Gasteiger charge is -2.36. The molecule has 0 bridgehead atoms. The molecule has 3 heterocycles. The van der Waals surface area contributed by atoms with Crippen molar-refractivity contribution < 1.29 is 43.3 Å². The van der Waals surface area contributed by atoms with Crippen molar-refractivity contribution in [3.8, 4) is 22.9 Å². The third-order valence-corrected chi connectivity index (χ3v) is 13.0. The van der Waals surface area contributed by atoms with Crippen molar-refractivity contribution in [3.05, 3.63) is 41.8 Å². The normalized spacial score (nSPS) is 23.5. The minimum Gasteiger partial charge on any atom is -0.496 e. The number of aliphatic carboxylic acids is 1. The molecule has 3 aromatic rings. The molecule has 3 aliphatic carbocycles. The Balaban J connectivity index is 1.19. The molecule has 1 saturated heterocycles. The number of rotatable bonds is 14. The molecular formula is C43H54N6O9S. The van der Waals surface area contributed by atoms with Crippen LogP contribution < -0.4 is 25.4 Å². The molecule has 4 amide bonds. The average molecular weight is 831 g/mol. The molecule has 7 rings (SSSR count). The third kappa shape index (κ3) is 8.87. The number of aryl methyl sites for hydroxylation is 1. The van der Waals surface area contributed by atoms with Gasteiger partial charge in [0.05, 0.1) is 24.9 Å². The molecule has 3 saturated carbocycles. The lowest BCUT2D eigenvalue weighted by molar-refractivity contribution is -0.146. The van der Waals surface area contributed by atoms with Crippen LogP contribution in [0.25, 0.3) is 22.3 Å². The van der Waals surface area contributed by atoms with Crippen LogP contribution in [0.4, 0.5) is 9.93 Å². The van der Waals surface area contributed by atoms with Crippen LogP contribution in [-0.2, 0) is 23.9 Å². The van der Waals surface area contributed by atoms with E-state index in [2.05, 4.69) is 22.5 Å². The fourth-order valence-corrected chi connectivity index (χ4v) is 9.12. The molecule has 0 radical (unpaired) electrons. The zero-order valence-corrected chi connectivity index (χ0v) is 35.1. The summed E-state index contributed by atoms with van der Waals surface area (Å²) in [6.07, 6.45) is 7.38. The van der Waals surface area contributed by atoms with Crippen molar-refractivity contribution in [1.29, 1.82) is 0 Å². The SMILES string of the molecule is C=C[C@@H]1C[C@]1(NC(=O)[C@@H]1C[C@@H](Oc2cc(-c3csc(NC(=O)CC4CCCC4)n3)nc3c(C)c(OC)ccc23)CN1C(=O)[C@@H](NC(=O)OC1CCC1)C(C)(C)C)C(=O)O. The largest absolute Gasteiger partial charge is 0.496 e. The topological polar surface area (TPSA) is 198 Å². The number of likely N-dealkylation sites (tertiary alicyclic amines) is 1. The highest BCUT2D eigenvalue weighted by molar-refractivity contribution is 7.14. The number of thiazole rings is 1. The van der Waals surface area contributed by atoms with E-state index >= 15 is 0 Å². The first-order valence-corrected chi connectivity index (χ1v) is 21.3. The number of aromatic nitrogens is 2. The molecule has 5 atom stereocenters. The number of hydrogen-bond donors (Lipinski definition) is 4. The van der Waals surface area contributed by atoms with Gasteiger partial charge in [0.15, 0.2) is 5.13 Å². The fraction of sp³-hybridized carbons (Fsp3) is 0.558. The van der Waals surface area contributed by atoms with E-state index in [0.717, 1.165) is 50.5 Å². The Bertz CT molecular complexity index is 2140. The van der Waals surface area contributed by atoms with E-state index in [1.807, 2.05) is 45.2 Å². The maximum atomic E-state index is 14.6. The number of benzene rings is 1. The number of anilines is 1. The first kappa shape index (κ1) is 41.9. The Morgan fingerprint density at radius 2 is 1.80 bits per heavy atom. The molecule has 4 fully saturated rings. The van der Waals surface area contributed by atoms with Gasteiger partial charge in [0.1, 0.15) is 47.0 Å². The number of carbonyl (C=O) groups excluding carboxylic acids is 4. The Kier molecular flexibility index (Phi) is 11.9. The quantitative estimate of drug-likeness (QED) is 0.132. The highest BCUT2D eigenvalue weighted by Crippen LogP contribution is 2.45. The number of nitrogens with one attached hydrogen (secondary N) is 3. The smallest absolute Gasteiger partial charge is 0.408 e. The standard InChI is InChI=1S/C43H54N6O9S/c1-7-25-20-43(25,39(53)54)48-37(51)31-18-27(21-49(31)38(52)36(42(3,4)5)47-41(55)58-26-13-10-14-26)57-33-19-29(44-35-23(2)32(56-6)16-15-28(33)35)30-22-59-40(45-30)46-34(50)17-24-11-8-9-12-24/h7,15-16,19,22,24-27,31,36H,1,8-14,17-18,20-21H2,2-6H3,(H,47,55)(H,48,51)(H,53,54)(H,45,46,50)/t25-,27-,31+,36-,43-/m1/s1. The van der Waals surface area contributed by atoms with Crippen molar-refractivity contribution >= 4 is 57.2 Å². The molecule has 4 N–H and O–H groups in total. The maximum absolute atomic E-state index is 14.6. The van der Waals surface area contributed by atoms with E-state index < -0.39 is 58.9 Å². The van der Waals surface area contributed by atoms with Gasteiger partial charge in [0.2, 0.25) is 17.7 Å². The Morgan fingerprint density at radius 3 is 2.42 bits per heavy atom. The predicted octanol–water partition coefficient (Wildman–Crippen LogP) is 6.38. The van der Waals surface area contributed by atoms with E-state index in [-0.39, 0.29) is 31.4 Å². The van der Waals surface area contributed by atoms with Crippen molar-refractivity contribution in [2.75, 3.05) is 19.0 Å². The van der Waals surface area contributed by atoms with Crippen molar-refractivity contribution in [3.63, 3.8) is 0 Å². The molecule has 15 nitrogen and oxygen atoms in total. The highest BCUT2D eigenvalue weighted by atomic mass is 32.1. The first-order valence-electron chi connectivity index (χ1n) is 20.5. The minimum atomic E-state index is -1.53. The number of alkyl carbamates (subject to hydrolysis) is 1. The molecule has 316 valence electrons. The zero-order valence-electron chi connectivity index (χ0n) is 34.3. The van der Waals surface area contributed by atoms with Gasteiger partial charge in [-0.15, -0.1) is 17.9 Å². The second-order valence-corrected chi connectivity index (χ2v) is 18.3. The van der Waals surface area contributed by atoms with E-state index in [9.17, 15) is 29.1 Å². The van der Waals surface area contributed by atoms with Crippen molar-refractivity contribution in [2.45, 2.75) is 122 Å². The minimum absolute atomic E-state index is 0.0254. The van der Waals surface area contributed by atoms with Gasteiger partial charge in [-0.25, -0.2) is 19.6 Å². The second-order valence-electron chi connectivity index (χ2n) is 17.4. The number of amides is 4. The van der Waals surface area contributed by atoms with Crippen LogP contribution in [-0.4, -0.2) is 93.2 Å². The molecule has 59 heavy (non-hydrogen) atoms. The molecule has 1 aliphatic heterocycles. The highest BCUT2D eigenvalue weighted by Gasteiger charge is 2.61. The van der Waals surface area contributed by atoms with E-state index in [1.165, 1.54) is 22.3 Å². The van der Waals surface area contributed by atoms with Gasteiger partial charge < -0.3 is 40.2 Å². The molecule has 0 unspecified atom stereocenters. The number of fused-ring (bicyclic) bond motifs is 1. The van der Waals surface area contributed by atoms with Crippen molar-refractivity contribution in [1.82, 2.24) is 25.5 Å². The van der Waals surface area contributed by atoms with Crippen molar-refractivity contribution in [2.24, 2.45) is 17.3 Å². The van der Waals surface area contributed by atoms with Gasteiger partial charge in [-0.3, -0.25) is 14.4 Å². The molecule has 16 heteroatoms. The van der Waals surface area contributed by atoms with Gasteiger partial charge in [-0.05, 0) is 68.9 Å². The first-order chi connectivity index (χ1) is 28.1. The predicted molar refractivity (Wildman–Crippen MR) is 221 cm³/mol. The summed E-state index contributed by atoms with van der Waals surface area (Å²) in [6, 6.07) is 3.18.